The molecule has 0 aliphatic carbocycles. The number of aromatic nitrogens is 1. The number of benzene rings is 7. The summed E-state index contributed by atoms with van der Waals surface area (Å²) in [5.74, 6) is 2.11. The third-order valence-electron chi connectivity index (χ3n) is 10.9. The van der Waals surface area contributed by atoms with Gasteiger partial charge in [0.15, 0.2) is 0 Å². The molecule has 298 valence electrons. The zero-order valence-electron chi connectivity index (χ0n) is 33.7. The normalized spacial score (nSPS) is 13.0. The average Bonchev–Trinajstić information content (AvgIpc) is 3.65. The number of hydrogen-bond acceptors (Lipinski definition) is 5. The van der Waals surface area contributed by atoms with E-state index in [1.807, 2.05) is 30.5 Å². The van der Waals surface area contributed by atoms with Gasteiger partial charge in [0.25, 0.3) is 0 Å². The molecule has 1 aromatic heterocycles. The Kier molecular flexibility index (Phi) is 10.9. The molecule has 10 rings (SSSR count). The summed E-state index contributed by atoms with van der Waals surface area (Å²) in [4.78, 5) is 11.8. The minimum atomic E-state index is -0.661. The molecular weight excluding hydrogens is 1030 g/mol. The van der Waals surface area contributed by atoms with Crippen molar-refractivity contribution in [3.63, 3.8) is 0 Å². The molecule has 0 atom stereocenters. The maximum atomic E-state index is 6.66. The van der Waals surface area contributed by atoms with Gasteiger partial charge in [-0.2, -0.15) is 0 Å². The molecule has 0 N–H and O–H groups in total. The summed E-state index contributed by atoms with van der Waals surface area (Å²) >= 11 is -0.661. The summed E-state index contributed by atoms with van der Waals surface area (Å²) in [7, 11) is 0. The summed E-state index contributed by atoms with van der Waals surface area (Å²) in [6, 6.07) is 64.9. The van der Waals surface area contributed by atoms with E-state index in [-0.39, 0.29) is 26.5 Å². The molecule has 5 nitrogen and oxygen atoms in total. The van der Waals surface area contributed by atoms with Crippen molar-refractivity contribution in [2.45, 2.75) is 33.1 Å². The van der Waals surface area contributed by atoms with Gasteiger partial charge in [0, 0.05) is 21.1 Å². The van der Waals surface area contributed by atoms with Crippen LogP contribution in [0.3, 0.4) is 0 Å². The monoisotopic (exact) mass is 1070 g/mol. The van der Waals surface area contributed by atoms with Gasteiger partial charge in [-0.3, -0.25) is 0 Å². The first kappa shape index (κ1) is 39.8. The van der Waals surface area contributed by atoms with Crippen LogP contribution in [-0.2, 0) is 26.5 Å². The average molecular weight is 1070 g/mol. The topological polar surface area (TPSA) is 31.8 Å². The second-order valence-corrected chi connectivity index (χ2v) is 19.0. The van der Waals surface area contributed by atoms with E-state index in [2.05, 4.69) is 201 Å². The molecule has 0 radical (unpaired) electrons. The number of fused-ring (bicyclic) bond motifs is 3. The first-order valence-electron chi connectivity index (χ1n) is 19.9. The van der Waals surface area contributed by atoms with Crippen molar-refractivity contribution in [3.8, 4) is 33.8 Å². The molecule has 2 aliphatic heterocycles. The van der Waals surface area contributed by atoms with E-state index in [0.717, 1.165) is 56.6 Å². The SMILES string of the molecule is Cc1cc(N2c3[c-]c(Oc4[c-]c(N5[CH-]N(c6ccccc6C(C)(C)C)c6cc(-c7ccccc7)ccc65)ccc4)ccc3[Te]c3ccccc32)ncc1-c1ccccc1.[Pt]. The van der Waals surface area contributed by atoms with Gasteiger partial charge in [-0.05, 0) is 28.2 Å². The minimum absolute atomic E-state index is 0. The molecular formula is C53H41N4OPtTe-3. The van der Waals surface area contributed by atoms with Crippen molar-refractivity contribution in [1.29, 1.82) is 0 Å². The van der Waals surface area contributed by atoms with E-state index >= 15 is 0 Å². The van der Waals surface area contributed by atoms with Crippen LogP contribution < -0.4 is 26.7 Å². The van der Waals surface area contributed by atoms with Crippen LogP contribution >= 0.6 is 0 Å². The second kappa shape index (κ2) is 16.4. The Balaban J connectivity index is 0.00000462. The molecule has 3 heterocycles. The first-order valence-corrected chi connectivity index (χ1v) is 22.2. The van der Waals surface area contributed by atoms with Gasteiger partial charge in [0.1, 0.15) is 0 Å². The van der Waals surface area contributed by atoms with Crippen LogP contribution in [0.15, 0.2) is 170 Å². The zero-order valence-corrected chi connectivity index (χ0v) is 38.3. The fraction of sp³-hybridized carbons (Fsp3) is 0.0943. The van der Waals surface area contributed by atoms with Crippen molar-refractivity contribution in [3.05, 3.63) is 200 Å². The predicted octanol–water partition coefficient (Wildman–Crippen LogP) is 12.3. The summed E-state index contributed by atoms with van der Waals surface area (Å²) in [6.45, 7) is 11.2. The Hall–Kier alpha value is -5.63. The van der Waals surface area contributed by atoms with Crippen molar-refractivity contribution in [2.75, 3.05) is 14.7 Å². The van der Waals surface area contributed by atoms with Crippen molar-refractivity contribution in [2.24, 2.45) is 0 Å². The number of ether oxygens (including phenoxy) is 1. The maximum absolute atomic E-state index is 6.66. The molecule has 0 saturated heterocycles. The van der Waals surface area contributed by atoms with Crippen molar-refractivity contribution >= 4 is 68.1 Å². The minimum Gasteiger partial charge on any atom is 0 e. The number of pyridine rings is 1. The van der Waals surface area contributed by atoms with Crippen LogP contribution in [0.4, 0.5) is 39.9 Å². The van der Waals surface area contributed by atoms with E-state index in [0.29, 0.717) is 11.5 Å². The van der Waals surface area contributed by atoms with Crippen LogP contribution in [0, 0.1) is 25.7 Å². The number of nitrogens with zero attached hydrogens (tertiary/aromatic N) is 4. The first-order chi connectivity index (χ1) is 28.8. The van der Waals surface area contributed by atoms with Crippen LogP contribution in [-0.4, -0.2) is 25.9 Å². The Morgan fingerprint density at radius 1 is 0.583 bits per heavy atom. The quantitative estimate of drug-likeness (QED) is 0.117. The van der Waals surface area contributed by atoms with Gasteiger partial charge in [-0.1, -0.05) is 69.3 Å². The van der Waals surface area contributed by atoms with Crippen LogP contribution in [0.2, 0.25) is 0 Å². The van der Waals surface area contributed by atoms with E-state index in [4.69, 9.17) is 9.72 Å². The van der Waals surface area contributed by atoms with Gasteiger partial charge in [0.2, 0.25) is 0 Å². The van der Waals surface area contributed by atoms with Crippen LogP contribution in [0.25, 0.3) is 22.3 Å². The molecule has 2 aliphatic rings. The largest absolute Gasteiger partial charge is 0 e. The molecule has 8 aromatic rings. The molecule has 0 bridgehead atoms. The number of hydrogen-bond donors (Lipinski definition) is 0. The summed E-state index contributed by atoms with van der Waals surface area (Å²) < 4.78 is 9.32. The molecule has 7 heteroatoms. The van der Waals surface area contributed by atoms with Gasteiger partial charge in [0.05, 0.1) is 0 Å². The van der Waals surface area contributed by atoms with E-state index in [1.54, 1.807) is 0 Å². The molecule has 7 aromatic carbocycles. The molecule has 0 spiro atoms. The molecule has 0 fully saturated rings. The number of para-hydroxylation sites is 2. The Morgan fingerprint density at radius 2 is 1.28 bits per heavy atom. The van der Waals surface area contributed by atoms with E-state index in [9.17, 15) is 0 Å². The van der Waals surface area contributed by atoms with Gasteiger partial charge in [-0.25, -0.2) is 0 Å². The Labute approximate surface area is 377 Å². The number of anilines is 7. The number of rotatable bonds is 7. The third kappa shape index (κ3) is 7.54. The standard InChI is InChI=1S/C53H41N4OTe.Pt/c1-36-30-52(54-34-43(36)38-18-9-6-10-19-38)57-47-24-13-14-25-50(47)59-51-29-27-42(33-49(51)57)58-41-21-15-20-40(32-41)55-35-56(45-23-12-11-22-44(45)53(2,3)4)48-31-39(26-28-46(48)55)37-16-7-5-8-17-37;/h5-31,34-35H,1-4H3;/q-3;. The van der Waals surface area contributed by atoms with Crippen molar-refractivity contribution < 1.29 is 25.8 Å². The summed E-state index contributed by atoms with van der Waals surface area (Å²) in [6.07, 6.45) is 1.99. The molecule has 0 saturated carbocycles. The summed E-state index contributed by atoms with van der Waals surface area (Å²) in [5, 5.41) is 0. The fourth-order valence-electron chi connectivity index (χ4n) is 7.97. The Bertz CT molecular complexity index is 2840. The zero-order chi connectivity index (χ0) is 40.1. The van der Waals surface area contributed by atoms with Gasteiger partial charge >= 0.3 is 262 Å². The fourth-order valence-corrected chi connectivity index (χ4v) is 10.9. The van der Waals surface area contributed by atoms with Gasteiger partial charge < -0.3 is 0 Å². The van der Waals surface area contributed by atoms with Crippen LogP contribution in [0.5, 0.6) is 11.5 Å². The molecule has 60 heavy (non-hydrogen) atoms. The molecule has 0 unspecified atom stereocenters. The van der Waals surface area contributed by atoms with Crippen LogP contribution in [0.1, 0.15) is 31.9 Å². The Morgan fingerprint density at radius 3 is 2.05 bits per heavy atom. The summed E-state index contributed by atoms with van der Waals surface area (Å²) in [5.41, 5.74) is 13.4. The molecule has 0 amide bonds. The van der Waals surface area contributed by atoms with Crippen molar-refractivity contribution in [1.82, 2.24) is 4.98 Å². The number of aryl methyl sites for hydroxylation is 1. The smallest absolute Gasteiger partial charge is 0 e. The second-order valence-electron chi connectivity index (χ2n) is 15.9. The van der Waals surface area contributed by atoms with Gasteiger partial charge in [-0.15, -0.1) is 0 Å². The van der Waals surface area contributed by atoms with E-state index < -0.39 is 20.9 Å². The maximum Gasteiger partial charge on any atom is 0 e. The predicted molar refractivity (Wildman–Crippen MR) is 244 cm³/mol. The van der Waals surface area contributed by atoms with E-state index in [1.165, 1.54) is 23.9 Å². The third-order valence-corrected chi connectivity index (χ3v) is 14.0.